The molecule has 2 unspecified atom stereocenters. The molecule has 0 radical (unpaired) electrons. The predicted octanol–water partition coefficient (Wildman–Crippen LogP) is 1.10. The number of carboxylic acid groups (broad SMARTS) is 3. The number of ether oxygens (including phenoxy) is 2. The number of hydrogen-bond acceptors (Lipinski definition) is 7. The van der Waals surface area contributed by atoms with Gasteiger partial charge in [0.15, 0.2) is 0 Å². The molecule has 28 heavy (non-hydrogen) atoms. The SMILES string of the molecule is O=C(O)CCC(CCC(=O)O)C(=O)C(CCC(=O)O)CCC(=O)OCC1CO1. The Morgan fingerprint density at radius 1 is 0.786 bits per heavy atom. The molecule has 0 aromatic rings. The number of rotatable bonds is 16. The lowest BCUT2D eigenvalue weighted by Crippen LogP contribution is -2.27. The van der Waals surface area contributed by atoms with Gasteiger partial charge in [-0.1, -0.05) is 0 Å². The third kappa shape index (κ3) is 10.6. The molecular formula is C18H26O10. The zero-order chi connectivity index (χ0) is 21.1. The summed E-state index contributed by atoms with van der Waals surface area (Å²) < 4.78 is 9.91. The van der Waals surface area contributed by atoms with Gasteiger partial charge in [-0.25, -0.2) is 0 Å². The van der Waals surface area contributed by atoms with Crippen molar-refractivity contribution in [3.8, 4) is 0 Å². The summed E-state index contributed by atoms with van der Waals surface area (Å²) in [5, 5.41) is 26.6. The second-order valence-corrected chi connectivity index (χ2v) is 6.77. The molecule has 0 aromatic heterocycles. The van der Waals surface area contributed by atoms with E-state index in [1.807, 2.05) is 0 Å². The van der Waals surface area contributed by atoms with Crippen LogP contribution in [0.2, 0.25) is 0 Å². The normalized spacial score (nSPS) is 16.4. The van der Waals surface area contributed by atoms with Crippen molar-refractivity contribution < 1.29 is 48.8 Å². The van der Waals surface area contributed by atoms with Gasteiger partial charge in [-0.2, -0.15) is 0 Å². The van der Waals surface area contributed by atoms with Gasteiger partial charge in [0.2, 0.25) is 0 Å². The first-order valence-electron chi connectivity index (χ1n) is 9.15. The number of ketones is 1. The highest BCUT2D eigenvalue weighted by molar-refractivity contribution is 5.85. The van der Waals surface area contributed by atoms with E-state index in [2.05, 4.69) is 0 Å². The van der Waals surface area contributed by atoms with E-state index in [-0.39, 0.29) is 64.1 Å². The van der Waals surface area contributed by atoms with E-state index in [1.165, 1.54) is 0 Å². The summed E-state index contributed by atoms with van der Waals surface area (Å²) in [6, 6.07) is 0. The Bertz CT molecular complexity index is 563. The molecule has 10 heteroatoms. The third-order valence-corrected chi connectivity index (χ3v) is 4.45. The zero-order valence-corrected chi connectivity index (χ0v) is 15.5. The first kappa shape index (κ1) is 23.5. The molecule has 0 saturated carbocycles. The number of carbonyl (C=O) groups is 5. The second kappa shape index (κ2) is 12.1. The highest BCUT2D eigenvalue weighted by Crippen LogP contribution is 2.25. The van der Waals surface area contributed by atoms with Crippen LogP contribution in [-0.4, -0.2) is 64.3 Å². The summed E-state index contributed by atoms with van der Waals surface area (Å²) >= 11 is 0. The van der Waals surface area contributed by atoms with Gasteiger partial charge in [0.1, 0.15) is 18.5 Å². The highest BCUT2D eigenvalue weighted by atomic mass is 16.6. The predicted molar refractivity (Wildman–Crippen MR) is 92.5 cm³/mol. The van der Waals surface area contributed by atoms with Crippen molar-refractivity contribution >= 4 is 29.7 Å². The van der Waals surface area contributed by atoms with Crippen LogP contribution in [0.15, 0.2) is 0 Å². The van der Waals surface area contributed by atoms with E-state index >= 15 is 0 Å². The lowest BCUT2D eigenvalue weighted by molar-refractivity contribution is -0.144. The monoisotopic (exact) mass is 402 g/mol. The van der Waals surface area contributed by atoms with Crippen molar-refractivity contribution in [2.45, 2.75) is 57.5 Å². The van der Waals surface area contributed by atoms with Gasteiger partial charge in [0.05, 0.1) is 6.61 Å². The summed E-state index contributed by atoms with van der Waals surface area (Å²) in [7, 11) is 0. The lowest BCUT2D eigenvalue weighted by atomic mass is 9.82. The van der Waals surface area contributed by atoms with Crippen molar-refractivity contribution in [2.75, 3.05) is 13.2 Å². The Labute approximate surface area is 161 Å². The molecule has 158 valence electrons. The topological polar surface area (TPSA) is 168 Å². The molecule has 1 fully saturated rings. The fraction of sp³-hybridized carbons (Fsp3) is 0.722. The Balaban J connectivity index is 2.69. The van der Waals surface area contributed by atoms with Crippen LogP contribution in [0.25, 0.3) is 0 Å². The first-order chi connectivity index (χ1) is 13.2. The van der Waals surface area contributed by atoms with Gasteiger partial charge in [-0.3, -0.25) is 24.0 Å². The molecule has 1 aliphatic rings. The van der Waals surface area contributed by atoms with Crippen LogP contribution in [0.4, 0.5) is 0 Å². The third-order valence-electron chi connectivity index (χ3n) is 4.45. The van der Waals surface area contributed by atoms with Gasteiger partial charge < -0.3 is 24.8 Å². The van der Waals surface area contributed by atoms with Gasteiger partial charge in [-0.05, 0) is 25.7 Å². The summed E-state index contributed by atoms with van der Waals surface area (Å²) in [5.74, 6) is -5.85. The molecule has 1 aliphatic heterocycles. The average Bonchev–Trinajstić information content (AvgIpc) is 3.43. The quantitative estimate of drug-likeness (QED) is 0.251. The summed E-state index contributed by atoms with van der Waals surface area (Å²) in [6.07, 6.45) is -1.08. The van der Waals surface area contributed by atoms with Gasteiger partial charge >= 0.3 is 23.9 Å². The molecule has 0 spiro atoms. The van der Waals surface area contributed by atoms with Crippen molar-refractivity contribution in [1.82, 2.24) is 0 Å². The maximum Gasteiger partial charge on any atom is 0.305 e. The minimum Gasteiger partial charge on any atom is -0.481 e. The highest BCUT2D eigenvalue weighted by Gasteiger charge is 2.29. The number of hydrogen-bond donors (Lipinski definition) is 3. The van der Waals surface area contributed by atoms with E-state index in [0.717, 1.165) is 0 Å². The molecule has 1 saturated heterocycles. The number of carboxylic acids is 3. The number of carbonyl (C=O) groups excluding carboxylic acids is 2. The molecule has 3 N–H and O–H groups in total. The molecule has 1 rings (SSSR count). The maximum absolute atomic E-state index is 12.8. The summed E-state index contributed by atoms with van der Waals surface area (Å²) in [5.41, 5.74) is 0. The molecule has 0 amide bonds. The largest absolute Gasteiger partial charge is 0.481 e. The Hall–Kier alpha value is -2.49. The number of epoxide rings is 1. The van der Waals surface area contributed by atoms with Gasteiger partial charge in [0, 0.05) is 37.5 Å². The standard InChI is InChI=1S/C18H26O10/c19-14(20)5-1-11(2-6-15(21)22)18(26)12(3-7-16(23)24)4-8-17(25)28-10-13-9-27-13/h11-13H,1-10H2,(H,19,20)(H,21,22)(H,23,24). The minimum atomic E-state index is -1.11. The smallest absolute Gasteiger partial charge is 0.305 e. The van der Waals surface area contributed by atoms with Crippen molar-refractivity contribution in [2.24, 2.45) is 11.8 Å². The fourth-order valence-electron chi connectivity index (χ4n) is 2.80. The van der Waals surface area contributed by atoms with E-state index in [0.29, 0.717) is 6.61 Å². The van der Waals surface area contributed by atoms with Crippen LogP contribution in [-0.2, 0) is 33.4 Å². The van der Waals surface area contributed by atoms with Crippen molar-refractivity contribution in [1.29, 1.82) is 0 Å². The van der Waals surface area contributed by atoms with Crippen molar-refractivity contribution in [3.05, 3.63) is 0 Å². The van der Waals surface area contributed by atoms with Gasteiger partial charge in [-0.15, -0.1) is 0 Å². The van der Waals surface area contributed by atoms with Crippen LogP contribution in [0.3, 0.4) is 0 Å². The van der Waals surface area contributed by atoms with Crippen LogP contribution in [0, 0.1) is 11.8 Å². The Kier molecular flexibility index (Phi) is 10.1. The Morgan fingerprint density at radius 3 is 1.54 bits per heavy atom. The molecule has 0 aliphatic carbocycles. The van der Waals surface area contributed by atoms with E-state index in [9.17, 15) is 24.0 Å². The van der Waals surface area contributed by atoms with Crippen molar-refractivity contribution in [3.63, 3.8) is 0 Å². The molecule has 0 aromatic carbocycles. The van der Waals surface area contributed by atoms with E-state index in [4.69, 9.17) is 24.8 Å². The molecular weight excluding hydrogens is 376 g/mol. The average molecular weight is 402 g/mol. The number of aliphatic carboxylic acids is 3. The number of Topliss-reactive ketones (excluding diaryl/α,β-unsaturated/α-hetero) is 1. The molecule has 0 bridgehead atoms. The zero-order valence-electron chi connectivity index (χ0n) is 15.5. The summed E-state index contributed by atoms with van der Waals surface area (Å²) in [6.45, 7) is 0.661. The first-order valence-corrected chi connectivity index (χ1v) is 9.15. The number of esters is 1. The van der Waals surface area contributed by atoms with Crippen LogP contribution < -0.4 is 0 Å². The lowest BCUT2D eigenvalue weighted by Gasteiger charge is -2.21. The molecule has 1 heterocycles. The van der Waals surface area contributed by atoms with Crippen LogP contribution in [0.1, 0.15) is 51.4 Å². The van der Waals surface area contributed by atoms with Crippen LogP contribution >= 0.6 is 0 Å². The summed E-state index contributed by atoms with van der Waals surface area (Å²) in [4.78, 5) is 57.1. The van der Waals surface area contributed by atoms with Crippen LogP contribution in [0.5, 0.6) is 0 Å². The van der Waals surface area contributed by atoms with E-state index < -0.39 is 41.5 Å². The Morgan fingerprint density at radius 2 is 1.18 bits per heavy atom. The van der Waals surface area contributed by atoms with Gasteiger partial charge in [0.25, 0.3) is 0 Å². The fourth-order valence-corrected chi connectivity index (χ4v) is 2.80. The second-order valence-electron chi connectivity index (χ2n) is 6.77. The molecule has 10 nitrogen and oxygen atoms in total. The van der Waals surface area contributed by atoms with E-state index in [1.54, 1.807) is 0 Å². The maximum atomic E-state index is 12.8. The molecule has 2 atom stereocenters. The minimum absolute atomic E-state index is 0.0101.